The van der Waals surface area contributed by atoms with Gasteiger partial charge in [-0.1, -0.05) is 0 Å². The topological polar surface area (TPSA) is 41.5 Å². The molecule has 88 valence electrons. The van der Waals surface area contributed by atoms with Crippen LogP contribution in [0.3, 0.4) is 0 Å². The molecular weight excluding hydrogens is 216 g/mol. The maximum absolute atomic E-state index is 13.5. The van der Waals surface area contributed by atoms with Crippen LogP contribution in [0, 0.1) is 11.6 Å². The van der Waals surface area contributed by atoms with Gasteiger partial charge in [-0.2, -0.15) is 4.39 Å². The van der Waals surface area contributed by atoms with Crippen LogP contribution in [0.4, 0.5) is 8.78 Å². The summed E-state index contributed by atoms with van der Waals surface area (Å²) in [4.78, 5) is 0. The van der Waals surface area contributed by atoms with Crippen LogP contribution in [0.15, 0.2) is 6.07 Å². The quantitative estimate of drug-likeness (QED) is 0.811. The molecule has 1 heterocycles. The molecule has 5 heteroatoms. The largest absolute Gasteiger partial charge is 0.505 e. The average molecular weight is 229 g/mol. The van der Waals surface area contributed by atoms with E-state index >= 15 is 0 Å². The number of phenols is 1. The van der Waals surface area contributed by atoms with Crippen LogP contribution in [-0.2, 0) is 0 Å². The van der Waals surface area contributed by atoms with Gasteiger partial charge in [-0.15, -0.1) is 0 Å². The molecule has 1 aromatic carbocycles. The van der Waals surface area contributed by atoms with Crippen molar-refractivity contribution in [1.29, 1.82) is 0 Å². The molecule has 0 bridgehead atoms. The zero-order valence-corrected chi connectivity index (χ0v) is 8.89. The van der Waals surface area contributed by atoms with Crippen LogP contribution in [0.1, 0.15) is 17.9 Å². The molecule has 0 spiro atoms. The van der Waals surface area contributed by atoms with Crippen LogP contribution in [0.5, 0.6) is 11.5 Å². The number of nitrogens with one attached hydrogen (secondary N) is 1. The Kier molecular flexibility index (Phi) is 2.96. The number of methoxy groups -OCH3 is 1. The second-order valence-electron chi connectivity index (χ2n) is 3.83. The van der Waals surface area contributed by atoms with E-state index in [9.17, 15) is 13.9 Å². The first-order valence-corrected chi connectivity index (χ1v) is 5.10. The van der Waals surface area contributed by atoms with Crippen LogP contribution in [0.25, 0.3) is 0 Å². The highest BCUT2D eigenvalue weighted by atomic mass is 19.1. The third kappa shape index (κ3) is 1.71. The smallest absolute Gasteiger partial charge is 0.209 e. The van der Waals surface area contributed by atoms with Gasteiger partial charge in [0.2, 0.25) is 5.82 Å². The molecule has 16 heavy (non-hydrogen) atoms. The normalized spacial score (nSPS) is 20.1. The molecule has 0 saturated carbocycles. The molecule has 1 aliphatic rings. The van der Waals surface area contributed by atoms with Crippen molar-refractivity contribution in [2.75, 3.05) is 20.2 Å². The number of ether oxygens (including phenoxy) is 1. The lowest BCUT2D eigenvalue weighted by Crippen LogP contribution is -2.09. The van der Waals surface area contributed by atoms with Crippen molar-refractivity contribution in [3.63, 3.8) is 0 Å². The van der Waals surface area contributed by atoms with Crippen molar-refractivity contribution in [2.24, 2.45) is 0 Å². The fourth-order valence-corrected chi connectivity index (χ4v) is 2.03. The Morgan fingerprint density at radius 3 is 2.81 bits per heavy atom. The Balaban J connectivity index is 2.46. The first-order valence-electron chi connectivity index (χ1n) is 5.10. The van der Waals surface area contributed by atoms with Crippen molar-refractivity contribution in [2.45, 2.75) is 12.3 Å². The van der Waals surface area contributed by atoms with Crippen molar-refractivity contribution >= 4 is 0 Å². The van der Waals surface area contributed by atoms with Crippen molar-refractivity contribution in [3.05, 3.63) is 23.3 Å². The number of halogens is 2. The minimum absolute atomic E-state index is 0.0464. The molecule has 3 nitrogen and oxygen atoms in total. The highest BCUT2D eigenvalue weighted by Crippen LogP contribution is 2.37. The third-order valence-electron chi connectivity index (χ3n) is 2.88. The molecule has 2 rings (SSSR count). The van der Waals surface area contributed by atoms with E-state index < -0.39 is 23.1 Å². The van der Waals surface area contributed by atoms with E-state index in [4.69, 9.17) is 0 Å². The van der Waals surface area contributed by atoms with Gasteiger partial charge in [0.05, 0.1) is 7.11 Å². The van der Waals surface area contributed by atoms with E-state index in [0.717, 1.165) is 26.1 Å². The third-order valence-corrected chi connectivity index (χ3v) is 2.88. The maximum Gasteiger partial charge on any atom is 0.209 e. The van der Waals surface area contributed by atoms with E-state index in [0.29, 0.717) is 12.1 Å². The summed E-state index contributed by atoms with van der Waals surface area (Å²) in [6.45, 7) is 1.41. The molecule has 0 radical (unpaired) electrons. The highest BCUT2D eigenvalue weighted by Gasteiger charge is 2.25. The standard InChI is InChI=1S/C11H13F2NO2/c1-16-11-8(12)4-7(10(15)9(11)13)6-2-3-14-5-6/h4,6,14-15H,2-3,5H2,1H3. The number of phenolic OH excluding ortho intramolecular Hbond substituents is 1. The summed E-state index contributed by atoms with van der Waals surface area (Å²) in [5.41, 5.74) is 0.306. The second-order valence-corrected chi connectivity index (χ2v) is 3.83. The lowest BCUT2D eigenvalue weighted by Gasteiger charge is -2.14. The highest BCUT2D eigenvalue weighted by molar-refractivity contribution is 5.45. The molecule has 1 aromatic rings. The monoisotopic (exact) mass is 229 g/mol. The Labute approximate surface area is 92.0 Å². The lowest BCUT2D eigenvalue weighted by molar-refractivity contribution is 0.339. The van der Waals surface area contributed by atoms with Gasteiger partial charge >= 0.3 is 0 Å². The van der Waals surface area contributed by atoms with Crippen molar-refractivity contribution in [3.8, 4) is 11.5 Å². The molecule has 1 aliphatic heterocycles. The van der Waals surface area contributed by atoms with E-state index in [1.807, 2.05) is 0 Å². The molecule has 0 aromatic heterocycles. The Morgan fingerprint density at radius 1 is 1.50 bits per heavy atom. The van der Waals surface area contributed by atoms with Gasteiger partial charge < -0.3 is 15.2 Å². The van der Waals surface area contributed by atoms with E-state index in [1.54, 1.807) is 0 Å². The molecule has 1 fully saturated rings. The zero-order chi connectivity index (χ0) is 11.7. The van der Waals surface area contributed by atoms with Gasteiger partial charge in [0.1, 0.15) is 0 Å². The first kappa shape index (κ1) is 11.1. The number of aromatic hydroxyl groups is 1. The predicted octanol–water partition coefficient (Wildman–Crippen LogP) is 1.76. The van der Waals surface area contributed by atoms with Gasteiger partial charge in [-0.05, 0) is 19.0 Å². The molecule has 0 aliphatic carbocycles. The summed E-state index contributed by atoms with van der Waals surface area (Å²) in [6.07, 6.45) is 0.763. The predicted molar refractivity (Wildman–Crippen MR) is 54.8 cm³/mol. The second kappa shape index (κ2) is 4.25. The molecule has 2 N–H and O–H groups in total. The summed E-state index contributed by atoms with van der Waals surface area (Å²) in [5.74, 6) is -2.89. The van der Waals surface area contributed by atoms with Crippen molar-refractivity contribution < 1.29 is 18.6 Å². The van der Waals surface area contributed by atoms with Crippen LogP contribution in [0.2, 0.25) is 0 Å². The number of hydrogen-bond acceptors (Lipinski definition) is 3. The SMILES string of the molecule is COc1c(F)cc(C2CCNC2)c(O)c1F. The van der Waals surface area contributed by atoms with Crippen LogP contribution >= 0.6 is 0 Å². The summed E-state index contributed by atoms with van der Waals surface area (Å²) in [6, 6.07) is 1.15. The summed E-state index contributed by atoms with van der Waals surface area (Å²) >= 11 is 0. The summed E-state index contributed by atoms with van der Waals surface area (Å²) in [5, 5.41) is 12.7. The maximum atomic E-state index is 13.5. The summed E-state index contributed by atoms with van der Waals surface area (Å²) in [7, 11) is 1.16. The lowest BCUT2D eigenvalue weighted by atomic mass is 9.97. The minimum atomic E-state index is -1.02. The number of benzene rings is 1. The Morgan fingerprint density at radius 2 is 2.25 bits per heavy atom. The zero-order valence-electron chi connectivity index (χ0n) is 8.89. The first-order chi connectivity index (χ1) is 7.65. The molecule has 1 saturated heterocycles. The van der Waals surface area contributed by atoms with Crippen LogP contribution < -0.4 is 10.1 Å². The molecular formula is C11H13F2NO2. The van der Waals surface area contributed by atoms with Crippen molar-refractivity contribution in [1.82, 2.24) is 5.32 Å². The van der Waals surface area contributed by atoms with Gasteiger partial charge in [-0.3, -0.25) is 0 Å². The van der Waals surface area contributed by atoms with E-state index in [1.165, 1.54) is 0 Å². The number of rotatable bonds is 2. The summed E-state index contributed by atoms with van der Waals surface area (Å²) < 4.78 is 31.5. The van der Waals surface area contributed by atoms with Crippen LogP contribution in [-0.4, -0.2) is 25.3 Å². The average Bonchev–Trinajstić information content (AvgIpc) is 2.77. The fraction of sp³-hybridized carbons (Fsp3) is 0.455. The molecule has 0 amide bonds. The molecule has 1 unspecified atom stereocenters. The number of hydrogen-bond donors (Lipinski definition) is 2. The van der Waals surface area contributed by atoms with E-state index in [-0.39, 0.29) is 5.92 Å². The Bertz CT molecular complexity index is 403. The van der Waals surface area contributed by atoms with Gasteiger partial charge in [0.25, 0.3) is 0 Å². The fourth-order valence-electron chi connectivity index (χ4n) is 2.03. The van der Waals surface area contributed by atoms with Gasteiger partial charge in [0, 0.05) is 18.0 Å². The minimum Gasteiger partial charge on any atom is -0.505 e. The van der Waals surface area contributed by atoms with E-state index in [2.05, 4.69) is 10.1 Å². The van der Waals surface area contributed by atoms with Gasteiger partial charge in [0.15, 0.2) is 17.3 Å². The molecule has 1 atom stereocenters. The Hall–Kier alpha value is -1.36. The van der Waals surface area contributed by atoms with Gasteiger partial charge in [-0.25, -0.2) is 4.39 Å².